The minimum absolute atomic E-state index is 0.689. The second kappa shape index (κ2) is 3.13. The van der Waals surface area contributed by atoms with Crippen molar-refractivity contribution in [2.45, 2.75) is 13.5 Å². The van der Waals surface area contributed by atoms with E-state index in [0.717, 1.165) is 5.75 Å². The van der Waals surface area contributed by atoms with Gasteiger partial charge >= 0.3 is 0 Å². The zero-order valence-corrected chi connectivity index (χ0v) is 8.66. The third-order valence-electron chi connectivity index (χ3n) is 2.90. The number of hydrogen-bond donors (Lipinski definition) is 0. The van der Waals surface area contributed by atoms with Gasteiger partial charge in [-0.25, -0.2) is 0 Å². The van der Waals surface area contributed by atoms with Gasteiger partial charge in [0.05, 0.1) is 0 Å². The molecule has 0 unspecified atom stereocenters. The number of ether oxygens (including phenoxy) is 1. The molecule has 0 saturated heterocycles. The molecule has 1 heteroatoms. The van der Waals surface area contributed by atoms with E-state index >= 15 is 0 Å². The second-order valence-corrected chi connectivity index (χ2v) is 3.89. The zero-order valence-electron chi connectivity index (χ0n) is 8.66. The topological polar surface area (TPSA) is 9.23 Å². The third-order valence-corrected chi connectivity index (χ3v) is 2.90. The molecule has 15 heavy (non-hydrogen) atoms. The molecule has 0 N–H and O–H groups in total. The first-order valence-corrected chi connectivity index (χ1v) is 5.17. The van der Waals surface area contributed by atoms with Crippen molar-refractivity contribution in [1.82, 2.24) is 0 Å². The summed E-state index contributed by atoms with van der Waals surface area (Å²) < 4.78 is 5.70. The minimum Gasteiger partial charge on any atom is -0.488 e. The van der Waals surface area contributed by atoms with Crippen LogP contribution in [0.2, 0.25) is 0 Å². The highest BCUT2D eigenvalue weighted by atomic mass is 16.5. The van der Waals surface area contributed by atoms with Crippen LogP contribution in [0.5, 0.6) is 5.75 Å². The lowest BCUT2D eigenvalue weighted by molar-refractivity contribution is 0.302. The summed E-state index contributed by atoms with van der Waals surface area (Å²) in [6.07, 6.45) is 0. The number of rotatable bonds is 0. The smallest absolute Gasteiger partial charge is 0.127 e. The molecular formula is C14H12O. The standard InChI is InChI=1S/C14H12O/c1-10-5-4-6-11-9-15-13-8-3-2-7-12(13)14(10)11/h2-8H,9H2,1H3. The maximum Gasteiger partial charge on any atom is 0.127 e. The van der Waals surface area contributed by atoms with Crippen molar-refractivity contribution in [3.05, 3.63) is 53.6 Å². The largest absolute Gasteiger partial charge is 0.488 e. The van der Waals surface area contributed by atoms with E-state index in [1.54, 1.807) is 0 Å². The second-order valence-electron chi connectivity index (χ2n) is 3.89. The van der Waals surface area contributed by atoms with Crippen molar-refractivity contribution < 1.29 is 4.74 Å². The first kappa shape index (κ1) is 8.54. The SMILES string of the molecule is Cc1cccc2c1-c1ccccc1OC2. The molecule has 0 atom stereocenters. The van der Waals surface area contributed by atoms with Gasteiger partial charge < -0.3 is 4.74 Å². The van der Waals surface area contributed by atoms with E-state index in [1.807, 2.05) is 12.1 Å². The van der Waals surface area contributed by atoms with Gasteiger partial charge in [-0.15, -0.1) is 0 Å². The third kappa shape index (κ3) is 1.23. The summed E-state index contributed by atoms with van der Waals surface area (Å²) in [5, 5.41) is 0. The Morgan fingerprint density at radius 1 is 1.00 bits per heavy atom. The maximum atomic E-state index is 5.70. The Morgan fingerprint density at radius 2 is 1.87 bits per heavy atom. The molecule has 3 rings (SSSR count). The molecule has 74 valence electrons. The lowest BCUT2D eigenvalue weighted by Gasteiger charge is -2.22. The average molecular weight is 196 g/mol. The van der Waals surface area contributed by atoms with Gasteiger partial charge in [0.15, 0.2) is 0 Å². The highest BCUT2D eigenvalue weighted by molar-refractivity contribution is 5.77. The molecule has 2 aromatic rings. The van der Waals surface area contributed by atoms with Gasteiger partial charge in [-0.05, 0) is 29.7 Å². The van der Waals surface area contributed by atoms with Crippen LogP contribution in [0.1, 0.15) is 11.1 Å². The van der Waals surface area contributed by atoms with Gasteiger partial charge in [0.1, 0.15) is 12.4 Å². The van der Waals surface area contributed by atoms with E-state index < -0.39 is 0 Å². The Balaban J connectivity index is 2.33. The first-order valence-electron chi connectivity index (χ1n) is 5.17. The fraction of sp³-hybridized carbons (Fsp3) is 0.143. The normalized spacial score (nSPS) is 12.6. The van der Waals surface area contributed by atoms with E-state index in [2.05, 4.69) is 37.3 Å². The van der Waals surface area contributed by atoms with Gasteiger partial charge in [-0.3, -0.25) is 0 Å². The predicted octanol–water partition coefficient (Wildman–Crippen LogP) is 3.55. The molecular weight excluding hydrogens is 184 g/mol. The molecule has 2 aromatic carbocycles. The summed E-state index contributed by atoms with van der Waals surface area (Å²) in [6, 6.07) is 14.6. The fourth-order valence-electron chi connectivity index (χ4n) is 2.19. The van der Waals surface area contributed by atoms with Gasteiger partial charge in [0.25, 0.3) is 0 Å². The molecule has 1 aliphatic rings. The van der Waals surface area contributed by atoms with Crippen molar-refractivity contribution in [3.63, 3.8) is 0 Å². The van der Waals surface area contributed by atoms with E-state index in [0.29, 0.717) is 6.61 Å². The average Bonchev–Trinajstić information content (AvgIpc) is 2.29. The van der Waals surface area contributed by atoms with Crippen LogP contribution in [0.4, 0.5) is 0 Å². The lowest BCUT2D eigenvalue weighted by atomic mass is 9.93. The number of hydrogen-bond acceptors (Lipinski definition) is 1. The summed E-state index contributed by atoms with van der Waals surface area (Å²) in [7, 11) is 0. The Labute approximate surface area is 89.3 Å². The molecule has 0 fully saturated rings. The van der Waals surface area contributed by atoms with Crippen molar-refractivity contribution in [3.8, 4) is 16.9 Å². The van der Waals surface area contributed by atoms with Crippen LogP contribution in [0.25, 0.3) is 11.1 Å². The lowest BCUT2D eigenvalue weighted by Crippen LogP contribution is -2.06. The van der Waals surface area contributed by atoms with Gasteiger partial charge in [-0.2, -0.15) is 0 Å². The summed E-state index contributed by atoms with van der Waals surface area (Å²) in [5.74, 6) is 0.999. The Bertz CT molecular complexity index is 514. The molecule has 1 heterocycles. The van der Waals surface area contributed by atoms with Gasteiger partial charge in [0, 0.05) is 5.56 Å². The molecule has 0 bridgehead atoms. The number of para-hydroxylation sites is 1. The Kier molecular flexibility index (Phi) is 1.78. The van der Waals surface area contributed by atoms with Crippen LogP contribution in [-0.2, 0) is 6.61 Å². The molecule has 1 aliphatic heterocycles. The van der Waals surface area contributed by atoms with Crippen LogP contribution < -0.4 is 4.74 Å². The molecule has 0 aromatic heterocycles. The predicted molar refractivity (Wildman–Crippen MR) is 60.9 cm³/mol. The highest BCUT2D eigenvalue weighted by Gasteiger charge is 2.17. The molecule has 0 aliphatic carbocycles. The summed E-state index contributed by atoms with van der Waals surface area (Å²) in [6.45, 7) is 2.84. The number of aryl methyl sites for hydroxylation is 1. The van der Waals surface area contributed by atoms with Crippen molar-refractivity contribution in [1.29, 1.82) is 0 Å². The van der Waals surface area contributed by atoms with Gasteiger partial charge in [0.2, 0.25) is 0 Å². The van der Waals surface area contributed by atoms with E-state index in [9.17, 15) is 0 Å². The molecule has 0 spiro atoms. The van der Waals surface area contributed by atoms with E-state index in [1.165, 1.54) is 22.3 Å². The van der Waals surface area contributed by atoms with Crippen LogP contribution in [0.3, 0.4) is 0 Å². The first-order chi connectivity index (χ1) is 7.36. The van der Waals surface area contributed by atoms with E-state index in [-0.39, 0.29) is 0 Å². The van der Waals surface area contributed by atoms with E-state index in [4.69, 9.17) is 4.74 Å². The van der Waals surface area contributed by atoms with Crippen LogP contribution in [-0.4, -0.2) is 0 Å². The van der Waals surface area contributed by atoms with Gasteiger partial charge in [-0.1, -0.05) is 36.4 Å². The quantitative estimate of drug-likeness (QED) is 0.626. The van der Waals surface area contributed by atoms with Crippen molar-refractivity contribution >= 4 is 0 Å². The monoisotopic (exact) mass is 196 g/mol. The zero-order chi connectivity index (χ0) is 10.3. The molecule has 0 saturated carbocycles. The highest BCUT2D eigenvalue weighted by Crippen LogP contribution is 2.38. The van der Waals surface area contributed by atoms with Crippen molar-refractivity contribution in [2.24, 2.45) is 0 Å². The Morgan fingerprint density at radius 3 is 2.80 bits per heavy atom. The molecule has 0 radical (unpaired) electrons. The minimum atomic E-state index is 0.689. The number of benzene rings is 2. The summed E-state index contributed by atoms with van der Waals surface area (Å²) in [5.41, 5.74) is 5.17. The number of fused-ring (bicyclic) bond motifs is 3. The molecule has 0 amide bonds. The summed E-state index contributed by atoms with van der Waals surface area (Å²) in [4.78, 5) is 0. The molecule has 1 nitrogen and oxygen atoms in total. The fourth-order valence-corrected chi connectivity index (χ4v) is 2.19. The summed E-state index contributed by atoms with van der Waals surface area (Å²) >= 11 is 0. The van der Waals surface area contributed by atoms with Crippen molar-refractivity contribution in [2.75, 3.05) is 0 Å². The Hall–Kier alpha value is -1.76. The van der Waals surface area contributed by atoms with Crippen LogP contribution in [0.15, 0.2) is 42.5 Å². The van der Waals surface area contributed by atoms with Crippen LogP contribution in [0, 0.1) is 6.92 Å². The van der Waals surface area contributed by atoms with Crippen LogP contribution >= 0.6 is 0 Å². The maximum absolute atomic E-state index is 5.70.